The van der Waals surface area contributed by atoms with Crippen molar-refractivity contribution < 1.29 is 4.79 Å². The van der Waals surface area contributed by atoms with Crippen molar-refractivity contribution in [2.24, 2.45) is 0 Å². The summed E-state index contributed by atoms with van der Waals surface area (Å²) in [5, 5.41) is 1.15. The predicted molar refractivity (Wildman–Crippen MR) is 100.0 cm³/mol. The molecule has 132 valence electrons. The number of aromatic nitrogens is 2. The predicted octanol–water partition coefficient (Wildman–Crippen LogP) is 1.88. The Hall–Kier alpha value is -2.99. The van der Waals surface area contributed by atoms with E-state index in [1.807, 2.05) is 23.1 Å². The normalized spacial score (nSPS) is 15.3. The van der Waals surface area contributed by atoms with Gasteiger partial charge < -0.3 is 9.88 Å². The second-order valence-corrected chi connectivity index (χ2v) is 6.51. The zero-order valence-electron chi connectivity index (χ0n) is 14.4. The molecule has 1 amide bonds. The third kappa shape index (κ3) is 3.50. The van der Waals surface area contributed by atoms with Crippen LogP contribution in [0.25, 0.3) is 10.9 Å². The fraction of sp³-hybridized carbons (Fsp3) is 0.250. The minimum Gasteiger partial charge on any atom is -0.336 e. The average molecular weight is 348 g/mol. The first-order valence-corrected chi connectivity index (χ1v) is 8.74. The van der Waals surface area contributed by atoms with Crippen molar-refractivity contribution in [2.45, 2.75) is 6.54 Å². The number of amides is 1. The summed E-state index contributed by atoms with van der Waals surface area (Å²) in [7, 11) is 0. The van der Waals surface area contributed by atoms with Crippen LogP contribution in [0.1, 0.15) is 16.1 Å². The number of pyridine rings is 2. The van der Waals surface area contributed by atoms with Crippen molar-refractivity contribution >= 4 is 16.8 Å². The molecule has 0 atom stereocenters. The quantitative estimate of drug-likeness (QED) is 0.785. The second kappa shape index (κ2) is 7.09. The zero-order valence-corrected chi connectivity index (χ0v) is 14.4. The molecule has 0 saturated carbocycles. The van der Waals surface area contributed by atoms with E-state index < -0.39 is 0 Å². The molecule has 6 nitrogen and oxygen atoms in total. The molecule has 1 aromatic carbocycles. The fourth-order valence-corrected chi connectivity index (χ4v) is 3.26. The van der Waals surface area contributed by atoms with Gasteiger partial charge in [0.1, 0.15) is 0 Å². The van der Waals surface area contributed by atoms with Crippen LogP contribution in [0.2, 0.25) is 0 Å². The lowest BCUT2D eigenvalue weighted by molar-refractivity contribution is 0.0626. The maximum absolute atomic E-state index is 12.5. The van der Waals surface area contributed by atoms with E-state index >= 15 is 0 Å². The van der Waals surface area contributed by atoms with Gasteiger partial charge in [-0.15, -0.1) is 0 Å². The van der Waals surface area contributed by atoms with E-state index in [9.17, 15) is 9.59 Å². The van der Waals surface area contributed by atoms with Gasteiger partial charge in [0, 0.05) is 50.4 Å². The van der Waals surface area contributed by atoms with Gasteiger partial charge >= 0.3 is 0 Å². The Morgan fingerprint density at radius 1 is 1.00 bits per heavy atom. The number of rotatable bonds is 3. The summed E-state index contributed by atoms with van der Waals surface area (Å²) < 4.78 is 0. The molecule has 0 bridgehead atoms. The molecule has 3 heterocycles. The van der Waals surface area contributed by atoms with Crippen molar-refractivity contribution in [3.63, 3.8) is 0 Å². The molecule has 1 aliphatic heterocycles. The van der Waals surface area contributed by atoms with E-state index in [1.165, 1.54) is 12.3 Å². The highest BCUT2D eigenvalue weighted by Gasteiger charge is 2.22. The Balaban J connectivity index is 1.37. The molecule has 2 aromatic heterocycles. The van der Waals surface area contributed by atoms with Crippen molar-refractivity contribution in [3.8, 4) is 0 Å². The van der Waals surface area contributed by atoms with E-state index in [-0.39, 0.29) is 11.5 Å². The molecule has 3 aromatic rings. The topological polar surface area (TPSA) is 69.3 Å². The molecule has 26 heavy (non-hydrogen) atoms. The van der Waals surface area contributed by atoms with E-state index in [0.717, 1.165) is 36.2 Å². The lowest BCUT2D eigenvalue weighted by Gasteiger charge is -2.34. The number of nitrogens with zero attached hydrogens (tertiary/aromatic N) is 3. The van der Waals surface area contributed by atoms with Crippen molar-refractivity contribution in [3.05, 3.63) is 76.3 Å². The molecular weight excluding hydrogens is 328 g/mol. The molecule has 1 saturated heterocycles. The summed E-state index contributed by atoms with van der Waals surface area (Å²) in [6.07, 6.45) is 1.48. The highest BCUT2D eigenvalue weighted by molar-refractivity contribution is 5.93. The number of hydrogen-bond acceptors (Lipinski definition) is 4. The van der Waals surface area contributed by atoms with Gasteiger partial charge in [-0.25, -0.2) is 0 Å². The number of hydrogen-bond donors (Lipinski definition) is 1. The van der Waals surface area contributed by atoms with Gasteiger partial charge in [0.15, 0.2) is 0 Å². The van der Waals surface area contributed by atoms with Crippen molar-refractivity contribution in [1.82, 2.24) is 19.8 Å². The van der Waals surface area contributed by atoms with E-state index in [0.29, 0.717) is 18.7 Å². The zero-order chi connectivity index (χ0) is 17.9. The molecule has 6 heteroatoms. The van der Waals surface area contributed by atoms with E-state index in [1.54, 1.807) is 6.07 Å². The molecule has 0 spiro atoms. The maximum atomic E-state index is 12.5. The van der Waals surface area contributed by atoms with Crippen LogP contribution >= 0.6 is 0 Å². The standard InChI is InChI=1S/C20H20N4O2/c25-19-8-6-16(13-21-19)20(26)24-11-9-23(10-12-24)14-17-7-5-15-3-1-2-4-18(15)22-17/h1-8,13H,9-12,14H2,(H,21,25). The van der Waals surface area contributed by atoms with Gasteiger partial charge in [-0.05, 0) is 18.2 Å². The Morgan fingerprint density at radius 3 is 2.58 bits per heavy atom. The van der Waals surface area contributed by atoms with E-state index in [4.69, 9.17) is 4.98 Å². The minimum absolute atomic E-state index is 0.0373. The molecule has 0 aliphatic carbocycles. The van der Waals surface area contributed by atoms with Gasteiger partial charge in [-0.3, -0.25) is 19.5 Å². The first-order chi connectivity index (χ1) is 12.7. The Morgan fingerprint density at radius 2 is 1.81 bits per heavy atom. The summed E-state index contributed by atoms with van der Waals surface area (Å²) in [5.41, 5.74) is 2.38. The molecule has 4 rings (SSSR count). The molecule has 0 radical (unpaired) electrons. The molecule has 1 fully saturated rings. The van der Waals surface area contributed by atoms with Crippen molar-refractivity contribution in [1.29, 1.82) is 0 Å². The average Bonchev–Trinajstić information content (AvgIpc) is 2.68. The van der Waals surface area contributed by atoms with Crippen LogP contribution in [0.15, 0.2) is 59.5 Å². The summed E-state index contributed by atoms with van der Waals surface area (Å²) in [4.78, 5) is 35.0. The Labute approximate surface area is 151 Å². The number of nitrogens with one attached hydrogen (secondary N) is 1. The third-order valence-corrected chi connectivity index (χ3v) is 4.73. The number of benzene rings is 1. The monoisotopic (exact) mass is 348 g/mol. The van der Waals surface area contributed by atoms with Crippen LogP contribution in [0.4, 0.5) is 0 Å². The van der Waals surface area contributed by atoms with Crippen LogP contribution in [-0.2, 0) is 6.54 Å². The Kier molecular flexibility index (Phi) is 4.50. The SMILES string of the molecule is O=C(c1ccc(=O)[nH]c1)N1CCN(Cc2ccc3ccccc3n2)CC1. The lowest BCUT2D eigenvalue weighted by atomic mass is 10.2. The number of para-hydroxylation sites is 1. The summed E-state index contributed by atoms with van der Waals surface area (Å²) >= 11 is 0. The number of H-pyrrole nitrogens is 1. The first kappa shape index (κ1) is 16.5. The second-order valence-electron chi connectivity index (χ2n) is 6.51. The van der Waals surface area contributed by atoms with Crippen molar-refractivity contribution in [2.75, 3.05) is 26.2 Å². The maximum Gasteiger partial charge on any atom is 0.255 e. The number of aromatic amines is 1. The van der Waals surface area contributed by atoms with Gasteiger partial charge in [0.25, 0.3) is 5.91 Å². The number of fused-ring (bicyclic) bond motifs is 1. The van der Waals surface area contributed by atoms with Gasteiger partial charge in [0.05, 0.1) is 16.8 Å². The van der Waals surface area contributed by atoms with Crippen LogP contribution in [0.5, 0.6) is 0 Å². The molecule has 1 aliphatic rings. The van der Waals surface area contributed by atoms with Gasteiger partial charge in [-0.2, -0.15) is 0 Å². The molecule has 1 N–H and O–H groups in total. The first-order valence-electron chi connectivity index (χ1n) is 8.74. The third-order valence-electron chi connectivity index (χ3n) is 4.73. The minimum atomic E-state index is -0.200. The van der Waals surface area contributed by atoms with Crippen LogP contribution in [0.3, 0.4) is 0 Å². The lowest BCUT2D eigenvalue weighted by Crippen LogP contribution is -2.48. The molecule has 0 unspecified atom stereocenters. The smallest absolute Gasteiger partial charge is 0.255 e. The van der Waals surface area contributed by atoms with Crippen LogP contribution < -0.4 is 5.56 Å². The number of carbonyl (C=O) groups is 1. The van der Waals surface area contributed by atoms with Gasteiger partial charge in [-0.1, -0.05) is 24.3 Å². The highest BCUT2D eigenvalue weighted by Crippen LogP contribution is 2.14. The van der Waals surface area contributed by atoms with Gasteiger partial charge in [0.2, 0.25) is 5.56 Å². The van der Waals surface area contributed by atoms with Crippen LogP contribution in [0, 0.1) is 0 Å². The van der Waals surface area contributed by atoms with E-state index in [2.05, 4.69) is 28.1 Å². The van der Waals surface area contributed by atoms with Crippen LogP contribution in [-0.4, -0.2) is 51.9 Å². The number of piperazine rings is 1. The largest absolute Gasteiger partial charge is 0.336 e. The fourth-order valence-electron chi connectivity index (χ4n) is 3.26. The Bertz CT molecular complexity index is 970. The summed E-state index contributed by atoms with van der Waals surface area (Å²) in [6.45, 7) is 3.75. The number of carbonyl (C=O) groups excluding carboxylic acids is 1. The molecular formula is C20H20N4O2. The summed E-state index contributed by atoms with van der Waals surface area (Å²) in [5.74, 6) is -0.0373. The summed E-state index contributed by atoms with van der Waals surface area (Å²) in [6, 6.07) is 15.2. The highest BCUT2D eigenvalue weighted by atomic mass is 16.2.